The highest BCUT2D eigenvalue weighted by Gasteiger charge is 2.04. The fourth-order valence-electron chi connectivity index (χ4n) is 1.39. The molecule has 0 unspecified atom stereocenters. The van der Waals surface area contributed by atoms with E-state index in [1.807, 2.05) is 37.3 Å². The molecule has 17 heavy (non-hydrogen) atoms. The van der Waals surface area contributed by atoms with Gasteiger partial charge in [-0.3, -0.25) is 0 Å². The standard InChI is InChI=1S/C13H11BrClNO/c1-9-2-3-11(14)7-12(9)17-13-6-10(8-15)4-5-16-13/h2-7H,8H2,1H3. The molecule has 2 rings (SSSR count). The highest BCUT2D eigenvalue weighted by Crippen LogP contribution is 2.27. The van der Waals surface area contributed by atoms with Crippen LogP contribution in [0.1, 0.15) is 11.1 Å². The highest BCUT2D eigenvalue weighted by molar-refractivity contribution is 9.10. The SMILES string of the molecule is Cc1ccc(Br)cc1Oc1cc(CCl)ccn1. The number of hydrogen-bond acceptors (Lipinski definition) is 2. The number of aromatic nitrogens is 1. The van der Waals surface area contributed by atoms with E-state index in [0.717, 1.165) is 21.3 Å². The van der Waals surface area contributed by atoms with E-state index in [2.05, 4.69) is 20.9 Å². The lowest BCUT2D eigenvalue weighted by atomic mass is 10.2. The van der Waals surface area contributed by atoms with E-state index >= 15 is 0 Å². The topological polar surface area (TPSA) is 22.1 Å². The second kappa shape index (κ2) is 5.52. The van der Waals surface area contributed by atoms with Crippen LogP contribution in [-0.4, -0.2) is 4.98 Å². The molecule has 0 aliphatic rings. The maximum Gasteiger partial charge on any atom is 0.219 e. The minimum absolute atomic E-state index is 0.455. The summed E-state index contributed by atoms with van der Waals surface area (Å²) in [6.45, 7) is 1.99. The molecule has 0 spiro atoms. The van der Waals surface area contributed by atoms with Crippen molar-refractivity contribution >= 4 is 27.5 Å². The number of hydrogen-bond donors (Lipinski definition) is 0. The second-order valence-electron chi connectivity index (χ2n) is 3.65. The number of alkyl halides is 1. The van der Waals surface area contributed by atoms with Gasteiger partial charge in [0.15, 0.2) is 0 Å². The van der Waals surface area contributed by atoms with Crippen LogP contribution in [0.2, 0.25) is 0 Å². The Morgan fingerprint density at radius 2 is 2.12 bits per heavy atom. The lowest BCUT2D eigenvalue weighted by Crippen LogP contribution is -1.91. The molecule has 0 atom stereocenters. The van der Waals surface area contributed by atoms with Gasteiger partial charge in [-0.1, -0.05) is 22.0 Å². The van der Waals surface area contributed by atoms with E-state index in [1.54, 1.807) is 6.20 Å². The first-order valence-corrected chi connectivity index (χ1v) is 6.46. The molecule has 0 saturated heterocycles. The molecule has 0 aliphatic carbocycles. The molecule has 0 amide bonds. The van der Waals surface area contributed by atoms with Gasteiger partial charge < -0.3 is 4.74 Å². The minimum atomic E-state index is 0.455. The van der Waals surface area contributed by atoms with Gasteiger partial charge >= 0.3 is 0 Å². The van der Waals surface area contributed by atoms with Gasteiger partial charge in [0, 0.05) is 22.6 Å². The van der Waals surface area contributed by atoms with E-state index < -0.39 is 0 Å². The first-order valence-electron chi connectivity index (χ1n) is 5.14. The molecule has 88 valence electrons. The zero-order chi connectivity index (χ0) is 12.3. The molecule has 0 N–H and O–H groups in total. The zero-order valence-electron chi connectivity index (χ0n) is 9.28. The van der Waals surface area contributed by atoms with Gasteiger partial charge in [-0.2, -0.15) is 0 Å². The molecular formula is C13H11BrClNO. The Balaban J connectivity index is 2.27. The number of aryl methyl sites for hydroxylation is 1. The smallest absolute Gasteiger partial charge is 0.219 e. The summed E-state index contributed by atoms with van der Waals surface area (Å²) < 4.78 is 6.71. The largest absolute Gasteiger partial charge is 0.439 e. The van der Waals surface area contributed by atoms with Crippen LogP contribution >= 0.6 is 27.5 Å². The molecule has 2 nitrogen and oxygen atoms in total. The van der Waals surface area contributed by atoms with E-state index in [0.29, 0.717) is 11.8 Å². The fraction of sp³-hybridized carbons (Fsp3) is 0.154. The summed E-state index contributed by atoms with van der Waals surface area (Å²) in [6.07, 6.45) is 1.69. The van der Waals surface area contributed by atoms with Crippen LogP contribution in [0.25, 0.3) is 0 Å². The number of pyridine rings is 1. The summed E-state index contributed by atoms with van der Waals surface area (Å²) in [6, 6.07) is 9.60. The van der Waals surface area contributed by atoms with E-state index in [1.165, 1.54) is 0 Å². The van der Waals surface area contributed by atoms with Crippen molar-refractivity contribution in [3.8, 4) is 11.6 Å². The normalized spacial score (nSPS) is 10.3. The summed E-state index contributed by atoms with van der Waals surface area (Å²) in [5.74, 6) is 1.80. The Kier molecular flexibility index (Phi) is 4.02. The lowest BCUT2D eigenvalue weighted by molar-refractivity contribution is 0.458. The summed E-state index contributed by atoms with van der Waals surface area (Å²) in [5, 5.41) is 0. The summed E-state index contributed by atoms with van der Waals surface area (Å²) >= 11 is 9.18. The summed E-state index contributed by atoms with van der Waals surface area (Å²) in [7, 11) is 0. The van der Waals surface area contributed by atoms with Crippen LogP contribution in [0.5, 0.6) is 11.6 Å². The van der Waals surface area contributed by atoms with Crippen molar-refractivity contribution in [1.82, 2.24) is 4.98 Å². The third-order valence-electron chi connectivity index (χ3n) is 2.32. The molecule has 0 radical (unpaired) electrons. The van der Waals surface area contributed by atoms with Crippen molar-refractivity contribution in [2.24, 2.45) is 0 Å². The average molecular weight is 313 g/mol. The van der Waals surface area contributed by atoms with Gasteiger partial charge in [-0.25, -0.2) is 4.98 Å². The first kappa shape index (κ1) is 12.4. The monoisotopic (exact) mass is 311 g/mol. The van der Waals surface area contributed by atoms with Crippen LogP contribution in [-0.2, 0) is 5.88 Å². The molecular weight excluding hydrogens is 302 g/mol. The number of ether oxygens (including phenoxy) is 1. The molecule has 0 saturated carbocycles. The van der Waals surface area contributed by atoms with Crippen molar-refractivity contribution in [2.75, 3.05) is 0 Å². The summed E-state index contributed by atoms with van der Waals surface area (Å²) in [5.41, 5.74) is 2.05. The molecule has 2 aromatic rings. The predicted octanol–water partition coefficient (Wildman–Crippen LogP) is 4.68. The Labute approximate surface area is 114 Å². The van der Waals surface area contributed by atoms with Crippen LogP contribution in [0.3, 0.4) is 0 Å². The molecule has 1 aromatic heterocycles. The number of benzene rings is 1. The van der Waals surface area contributed by atoms with Gasteiger partial charge in [0.1, 0.15) is 5.75 Å². The fourth-order valence-corrected chi connectivity index (χ4v) is 1.89. The molecule has 0 aliphatic heterocycles. The molecule has 4 heteroatoms. The molecule has 1 aromatic carbocycles. The van der Waals surface area contributed by atoms with Gasteiger partial charge in [0.25, 0.3) is 0 Å². The van der Waals surface area contributed by atoms with Gasteiger partial charge in [-0.15, -0.1) is 11.6 Å². The lowest BCUT2D eigenvalue weighted by Gasteiger charge is -2.08. The summed E-state index contributed by atoms with van der Waals surface area (Å²) in [4.78, 5) is 4.16. The third-order valence-corrected chi connectivity index (χ3v) is 3.12. The second-order valence-corrected chi connectivity index (χ2v) is 4.83. The average Bonchev–Trinajstić information content (AvgIpc) is 2.34. The predicted molar refractivity (Wildman–Crippen MR) is 72.7 cm³/mol. The van der Waals surface area contributed by atoms with Crippen molar-refractivity contribution in [2.45, 2.75) is 12.8 Å². The van der Waals surface area contributed by atoms with Crippen molar-refractivity contribution in [3.05, 3.63) is 52.1 Å². The van der Waals surface area contributed by atoms with E-state index in [-0.39, 0.29) is 0 Å². The van der Waals surface area contributed by atoms with Gasteiger partial charge in [0.2, 0.25) is 5.88 Å². The Morgan fingerprint density at radius 1 is 1.29 bits per heavy atom. The van der Waals surface area contributed by atoms with E-state index in [4.69, 9.17) is 16.3 Å². The maximum absolute atomic E-state index is 5.77. The van der Waals surface area contributed by atoms with E-state index in [9.17, 15) is 0 Å². The van der Waals surface area contributed by atoms with Crippen LogP contribution in [0.4, 0.5) is 0 Å². The third kappa shape index (κ3) is 3.20. The van der Waals surface area contributed by atoms with Crippen LogP contribution in [0, 0.1) is 6.92 Å². The van der Waals surface area contributed by atoms with Crippen LogP contribution < -0.4 is 4.74 Å². The van der Waals surface area contributed by atoms with Gasteiger partial charge in [0.05, 0.1) is 0 Å². The minimum Gasteiger partial charge on any atom is -0.439 e. The van der Waals surface area contributed by atoms with Crippen molar-refractivity contribution in [3.63, 3.8) is 0 Å². The van der Waals surface area contributed by atoms with Gasteiger partial charge in [-0.05, 0) is 36.2 Å². The molecule has 0 bridgehead atoms. The number of rotatable bonds is 3. The first-order chi connectivity index (χ1) is 8.19. The number of nitrogens with zero attached hydrogens (tertiary/aromatic N) is 1. The highest BCUT2D eigenvalue weighted by atomic mass is 79.9. The van der Waals surface area contributed by atoms with Crippen molar-refractivity contribution < 1.29 is 4.74 Å². The maximum atomic E-state index is 5.77. The molecule has 1 heterocycles. The number of halogens is 2. The Hall–Kier alpha value is -1.06. The van der Waals surface area contributed by atoms with Crippen molar-refractivity contribution in [1.29, 1.82) is 0 Å². The molecule has 0 fully saturated rings. The Bertz CT molecular complexity index is 531. The van der Waals surface area contributed by atoms with Crippen LogP contribution in [0.15, 0.2) is 41.0 Å². The quantitative estimate of drug-likeness (QED) is 0.767. The zero-order valence-corrected chi connectivity index (χ0v) is 11.6. The Morgan fingerprint density at radius 3 is 2.88 bits per heavy atom.